The lowest BCUT2D eigenvalue weighted by molar-refractivity contribution is -0.140. The van der Waals surface area contributed by atoms with Gasteiger partial charge in [-0.1, -0.05) is 47.7 Å². The summed E-state index contributed by atoms with van der Waals surface area (Å²) in [4.78, 5) is 48.8. The zero-order valence-electron chi connectivity index (χ0n) is 18.3. The average molecular weight is 535 g/mol. The van der Waals surface area contributed by atoms with Crippen LogP contribution in [0, 0.1) is 0 Å². The van der Waals surface area contributed by atoms with Gasteiger partial charge in [0.2, 0.25) is 0 Å². The molecule has 0 radical (unpaired) electrons. The molecule has 2 aromatic rings. The highest BCUT2D eigenvalue weighted by atomic mass is 35.5. The van der Waals surface area contributed by atoms with Gasteiger partial charge in [-0.25, -0.2) is 4.79 Å². The van der Waals surface area contributed by atoms with Gasteiger partial charge in [0, 0.05) is 5.69 Å². The Morgan fingerprint density at radius 3 is 2.57 bits per heavy atom. The first-order valence-corrected chi connectivity index (χ1v) is 11.7. The molecule has 1 saturated heterocycles. The van der Waals surface area contributed by atoms with Crippen molar-refractivity contribution >= 4 is 75.4 Å². The Morgan fingerprint density at radius 2 is 1.91 bits per heavy atom. The van der Waals surface area contributed by atoms with Crippen molar-refractivity contribution in [2.45, 2.75) is 6.92 Å². The summed E-state index contributed by atoms with van der Waals surface area (Å²) in [5.41, 5.74) is 1.18. The number of carbonyl (C=O) groups excluding carboxylic acids is 3. The number of thioether (sulfide) groups is 1. The van der Waals surface area contributed by atoms with E-state index in [1.165, 1.54) is 12.1 Å². The number of esters is 1. The van der Waals surface area contributed by atoms with Crippen LogP contribution >= 0.6 is 35.6 Å². The fraction of sp³-hybridized carbons (Fsp3) is 0.174. The van der Waals surface area contributed by atoms with Gasteiger partial charge in [0.25, 0.3) is 11.8 Å². The second kappa shape index (κ2) is 11.8. The minimum absolute atomic E-state index is 0.141. The van der Waals surface area contributed by atoms with Crippen LogP contribution in [0.5, 0.6) is 5.75 Å². The molecule has 9 nitrogen and oxygen atoms in total. The van der Waals surface area contributed by atoms with E-state index in [1.807, 2.05) is 0 Å². The predicted molar refractivity (Wildman–Crippen MR) is 135 cm³/mol. The molecule has 12 heteroatoms. The third kappa shape index (κ3) is 7.04. The molecule has 1 heterocycles. The monoisotopic (exact) mass is 534 g/mol. The van der Waals surface area contributed by atoms with Crippen molar-refractivity contribution in [3.05, 3.63) is 63.5 Å². The zero-order valence-corrected chi connectivity index (χ0v) is 20.7. The van der Waals surface area contributed by atoms with Crippen LogP contribution in [-0.4, -0.2) is 57.8 Å². The lowest BCUT2D eigenvalue weighted by Gasteiger charge is -2.10. The number of hydrogen-bond acceptors (Lipinski definition) is 8. The minimum atomic E-state index is -1.15. The summed E-state index contributed by atoms with van der Waals surface area (Å²) in [5.74, 6) is -2.24. The summed E-state index contributed by atoms with van der Waals surface area (Å²) in [6, 6.07) is 11.1. The summed E-state index contributed by atoms with van der Waals surface area (Å²) in [6.45, 7) is 1.10. The third-order valence-corrected chi connectivity index (χ3v) is 6.17. The Morgan fingerprint density at radius 1 is 1.20 bits per heavy atom. The van der Waals surface area contributed by atoms with Gasteiger partial charge >= 0.3 is 11.9 Å². The number of thiocarbonyl (C=S) groups is 1. The fourth-order valence-corrected chi connectivity index (χ4v) is 4.35. The highest BCUT2D eigenvalue weighted by Gasteiger charge is 2.33. The molecule has 35 heavy (non-hydrogen) atoms. The lowest BCUT2D eigenvalue weighted by atomic mass is 10.2. The number of nitrogens with one attached hydrogen (secondary N) is 1. The number of nitrogens with zero attached hydrogens (tertiary/aromatic N) is 1. The minimum Gasteiger partial charge on any atom is -0.484 e. The van der Waals surface area contributed by atoms with Crippen LogP contribution < -0.4 is 10.1 Å². The van der Waals surface area contributed by atoms with E-state index in [4.69, 9.17) is 38.4 Å². The van der Waals surface area contributed by atoms with Crippen molar-refractivity contribution < 1.29 is 33.8 Å². The third-order valence-electron chi connectivity index (χ3n) is 4.46. The largest absolute Gasteiger partial charge is 0.484 e. The number of hydrogen-bond donors (Lipinski definition) is 2. The number of amides is 2. The van der Waals surface area contributed by atoms with Gasteiger partial charge in [0.05, 0.1) is 22.1 Å². The molecule has 182 valence electrons. The highest BCUT2D eigenvalue weighted by Crippen LogP contribution is 2.32. The summed E-state index contributed by atoms with van der Waals surface area (Å²) in [7, 11) is 0. The number of carbonyl (C=O) groups is 4. The lowest BCUT2D eigenvalue weighted by Crippen LogP contribution is -2.33. The Hall–Kier alpha value is -3.41. The van der Waals surface area contributed by atoms with Crippen LogP contribution in [0.1, 0.15) is 22.8 Å². The van der Waals surface area contributed by atoms with Crippen molar-refractivity contribution in [2.24, 2.45) is 0 Å². The molecule has 0 spiro atoms. The molecule has 3 rings (SSSR count). The second-order valence-corrected chi connectivity index (χ2v) is 9.07. The number of rotatable bonds is 9. The van der Waals surface area contributed by atoms with E-state index < -0.39 is 30.3 Å². The zero-order chi connectivity index (χ0) is 25.5. The van der Waals surface area contributed by atoms with Crippen molar-refractivity contribution in [2.75, 3.05) is 25.1 Å². The smallest absolute Gasteiger partial charge is 0.339 e. The molecule has 0 atom stereocenters. The Kier molecular flexibility index (Phi) is 8.85. The first-order chi connectivity index (χ1) is 16.7. The van der Waals surface area contributed by atoms with Gasteiger partial charge < -0.3 is 19.9 Å². The molecule has 1 aliphatic rings. The quantitative estimate of drug-likeness (QED) is 0.281. The van der Waals surface area contributed by atoms with Crippen LogP contribution in [0.15, 0.2) is 47.4 Å². The van der Waals surface area contributed by atoms with E-state index in [-0.39, 0.29) is 28.1 Å². The van der Waals surface area contributed by atoms with E-state index in [0.29, 0.717) is 21.9 Å². The molecule has 2 N–H and O–H groups in total. The van der Waals surface area contributed by atoms with Gasteiger partial charge in [-0.15, -0.1) is 0 Å². The Bertz CT molecular complexity index is 1210. The maximum absolute atomic E-state index is 12.3. The van der Waals surface area contributed by atoms with Crippen LogP contribution in [0.25, 0.3) is 6.08 Å². The van der Waals surface area contributed by atoms with E-state index in [0.717, 1.165) is 16.7 Å². The van der Waals surface area contributed by atoms with Gasteiger partial charge in [-0.3, -0.25) is 19.3 Å². The first kappa shape index (κ1) is 26.2. The summed E-state index contributed by atoms with van der Waals surface area (Å²) < 4.78 is 10.6. The van der Waals surface area contributed by atoms with Crippen LogP contribution in [0.4, 0.5) is 5.69 Å². The fourth-order valence-electron chi connectivity index (χ4n) is 2.90. The van der Waals surface area contributed by atoms with Crippen LogP contribution in [0.3, 0.4) is 0 Å². The molecule has 0 saturated carbocycles. The number of carboxylic acids is 1. The van der Waals surface area contributed by atoms with Gasteiger partial charge in [0.1, 0.15) is 16.6 Å². The standard InChI is InChI=1S/C23H19ClN2O7S2/c1-2-32-22(31)16-10-14(5-8-17(16)24)25-19(27)12-33-15-6-3-13(4-7-15)9-18-21(30)26(11-20(28)29)23(34)35-18/h3-10H,2,11-12H2,1H3,(H,25,27)(H,28,29)/b18-9+. The molecule has 0 unspecified atom stereocenters. The topological polar surface area (TPSA) is 122 Å². The second-order valence-electron chi connectivity index (χ2n) is 6.98. The van der Waals surface area contributed by atoms with Gasteiger partial charge in [-0.2, -0.15) is 0 Å². The first-order valence-electron chi connectivity index (χ1n) is 10.1. The molecule has 0 aliphatic carbocycles. The molecule has 2 aromatic carbocycles. The normalized spacial score (nSPS) is 14.2. The molecule has 0 bridgehead atoms. The average Bonchev–Trinajstić information content (AvgIpc) is 3.07. The van der Waals surface area contributed by atoms with E-state index in [2.05, 4.69) is 5.32 Å². The highest BCUT2D eigenvalue weighted by molar-refractivity contribution is 8.26. The van der Waals surface area contributed by atoms with Crippen molar-refractivity contribution in [3.63, 3.8) is 0 Å². The van der Waals surface area contributed by atoms with Crippen molar-refractivity contribution in [1.82, 2.24) is 4.90 Å². The van der Waals surface area contributed by atoms with Gasteiger partial charge in [0.15, 0.2) is 6.61 Å². The number of ether oxygens (including phenoxy) is 2. The van der Waals surface area contributed by atoms with E-state index >= 15 is 0 Å². The van der Waals surface area contributed by atoms with Gasteiger partial charge in [-0.05, 0) is 48.9 Å². The Labute approximate surface area is 215 Å². The predicted octanol–water partition coefficient (Wildman–Crippen LogP) is 3.82. The van der Waals surface area contributed by atoms with E-state index in [9.17, 15) is 19.2 Å². The maximum Gasteiger partial charge on any atom is 0.339 e. The molecule has 2 amide bonds. The Balaban J connectivity index is 1.57. The summed E-state index contributed by atoms with van der Waals surface area (Å²) in [5, 5.41) is 11.7. The van der Waals surface area contributed by atoms with Crippen LogP contribution in [-0.2, 0) is 19.1 Å². The number of benzene rings is 2. The number of halogens is 1. The maximum atomic E-state index is 12.3. The molecule has 1 aliphatic heterocycles. The molecule has 0 aromatic heterocycles. The molecular weight excluding hydrogens is 516 g/mol. The summed E-state index contributed by atoms with van der Waals surface area (Å²) in [6.07, 6.45) is 1.60. The number of aliphatic carboxylic acids is 1. The number of anilines is 1. The van der Waals surface area contributed by atoms with Crippen LogP contribution in [0.2, 0.25) is 5.02 Å². The van der Waals surface area contributed by atoms with E-state index in [1.54, 1.807) is 43.3 Å². The SMILES string of the molecule is CCOC(=O)c1cc(NC(=O)COc2ccc(/C=C3/SC(=S)N(CC(=O)O)C3=O)cc2)ccc1Cl. The molecular formula is C23H19ClN2O7S2. The molecule has 1 fully saturated rings. The summed E-state index contributed by atoms with van der Waals surface area (Å²) >= 11 is 12.1. The van der Waals surface area contributed by atoms with Crippen molar-refractivity contribution in [3.8, 4) is 5.75 Å². The van der Waals surface area contributed by atoms with Crippen molar-refractivity contribution in [1.29, 1.82) is 0 Å². The number of carboxylic acid groups (broad SMARTS) is 1.